The number of aryl methyl sites for hydroxylation is 2. The third-order valence-corrected chi connectivity index (χ3v) is 4.72. The molecule has 26 heavy (non-hydrogen) atoms. The van der Waals surface area contributed by atoms with E-state index >= 15 is 0 Å². The summed E-state index contributed by atoms with van der Waals surface area (Å²) in [6, 6.07) is 13.5. The lowest BCUT2D eigenvalue weighted by Crippen LogP contribution is -2.24. The van der Waals surface area contributed by atoms with E-state index in [4.69, 9.17) is 0 Å². The monoisotopic (exact) mass is 350 g/mol. The molecule has 3 rings (SSSR count). The van der Waals surface area contributed by atoms with E-state index in [1.807, 2.05) is 6.92 Å². The molecule has 0 bridgehead atoms. The van der Waals surface area contributed by atoms with Crippen LogP contribution < -0.4 is 10.6 Å². The number of amides is 2. The molecule has 0 spiro atoms. The number of hydrogen-bond acceptors (Lipinski definition) is 2. The molecule has 0 saturated carbocycles. The highest BCUT2D eigenvalue weighted by atomic mass is 16.2. The van der Waals surface area contributed by atoms with Gasteiger partial charge in [0.1, 0.15) is 0 Å². The van der Waals surface area contributed by atoms with Crippen LogP contribution in [0.25, 0.3) is 0 Å². The minimum atomic E-state index is -0.113. The zero-order chi connectivity index (χ0) is 18.4. The highest BCUT2D eigenvalue weighted by molar-refractivity contribution is 5.97. The third kappa shape index (κ3) is 4.72. The van der Waals surface area contributed by atoms with Crippen LogP contribution >= 0.6 is 0 Å². The van der Waals surface area contributed by atoms with Crippen LogP contribution in [-0.4, -0.2) is 18.4 Å². The second kappa shape index (κ2) is 8.65. The van der Waals surface area contributed by atoms with Crippen LogP contribution in [0.3, 0.4) is 0 Å². The van der Waals surface area contributed by atoms with Crippen LogP contribution in [0, 0.1) is 0 Å². The van der Waals surface area contributed by atoms with Crippen molar-refractivity contribution < 1.29 is 9.59 Å². The smallest absolute Gasteiger partial charge is 0.251 e. The Balaban J connectivity index is 1.62. The molecule has 0 radical (unpaired) electrons. The molecule has 4 heteroatoms. The molecular weight excluding hydrogens is 324 g/mol. The van der Waals surface area contributed by atoms with Crippen molar-refractivity contribution in [2.45, 2.75) is 45.4 Å². The van der Waals surface area contributed by atoms with Crippen LogP contribution in [0.4, 0.5) is 5.69 Å². The number of carbonyl (C=O) groups is 2. The van der Waals surface area contributed by atoms with Gasteiger partial charge in [0.2, 0.25) is 5.91 Å². The van der Waals surface area contributed by atoms with Crippen molar-refractivity contribution in [2.24, 2.45) is 0 Å². The molecule has 0 fully saturated rings. The molecule has 0 aliphatic heterocycles. The van der Waals surface area contributed by atoms with Crippen LogP contribution in [0.15, 0.2) is 42.5 Å². The number of fused-ring (bicyclic) bond motifs is 1. The fourth-order valence-corrected chi connectivity index (χ4v) is 3.37. The van der Waals surface area contributed by atoms with Gasteiger partial charge >= 0.3 is 0 Å². The molecule has 136 valence electrons. The van der Waals surface area contributed by atoms with E-state index < -0.39 is 0 Å². The van der Waals surface area contributed by atoms with Gasteiger partial charge in [-0.05, 0) is 67.0 Å². The summed E-state index contributed by atoms with van der Waals surface area (Å²) in [5, 5.41) is 5.75. The first-order chi connectivity index (χ1) is 12.7. The fourth-order valence-electron chi connectivity index (χ4n) is 3.37. The van der Waals surface area contributed by atoms with E-state index in [-0.39, 0.29) is 11.8 Å². The van der Waals surface area contributed by atoms with E-state index in [2.05, 4.69) is 28.8 Å². The van der Waals surface area contributed by atoms with Gasteiger partial charge in [0, 0.05) is 17.8 Å². The summed E-state index contributed by atoms with van der Waals surface area (Å²) in [5.41, 5.74) is 5.06. The lowest BCUT2D eigenvalue weighted by molar-refractivity contribution is -0.115. The predicted octanol–water partition coefficient (Wildman–Crippen LogP) is 3.89. The fraction of sp³-hybridized carbons (Fsp3) is 0.364. The molecule has 4 nitrogen and oxygen atoms in total. The number of hydrogen-bond donors (Lipinski definition) is 2. The highest BCUT2D eigenvalue weighted by Crippen LogP contribution is 2.22. The van der Waals surface area contributed by atoms with Gasteiger partial charge in [-0.3, -0.25) is 9.59 Å². The number of nitrogens with one attached hydrogen (secondary N) is 2. The Kier molecular flexibility index (Phi) is 6.05. The first-order valence-electron chi connectivity index (χ1n) is 9.44. The molecule has 0 atom stereocenters. The Hall–Kier alpha value is -2.62. The summed E-state index contributed by atoms with van der Waals surface area (Å²) in [6.45, 7) is 2.66. The first kappa shape index (κ1) is 18.2. The van der Waals surface area contributed by atoms with Gasteiger partial charge in [-0.15, -0.1) is 0 Å². The molecule has 0 saturated heterocycles. The van der Waals surface area contributed by atoms with E-state index in [1.165, 1.54) is 24.0 Å². The van der Waals surface area contributed by atoms with E-state index in [1.54, 1.807) is 24.3 Å². The number of carbonyl (C=O) groups excluding carboxylic acids is 2. The summed E-state index contributed by atoms with van der Waals surface area (Å²) in [6.07, 6.45) is 5.99. The summed E-state index contributed by atoms with van der Waals surface area (Å²) < 4.78 is 0. The second-order valence-corrected chi connectivity index (χ2v) is 6.87. The van der Waals surface area contributed by atoms with Gasteiger partial charge in [0.15, 0.2) is 0 Å². The Morgan fingerprint density at radius 1 is 1.00 bits per heavy atom. The molecule has 0 heterocycles. The Bertz CT molecular complexity index is 798. The zero-order valence-electron chi connectivity index (χ0n) is 15.3. The molecule has 0 aromatic heterocycles. The van der Waals surface area contributed by atoms with Crippen LogP contribution in [0.2, 0.25) is 0 Å². The average Bonchev–Trinajstić information content (AvgIpc) is 2.66. The van der Waals surface area contributed by atoms with Crippen molar-refractivity contribution in [1.29, 1.82) is 0 Å². The summed E-state index contributed by atoms with van der Waals surface area (Å²) >= 11 is 0. The van der Waals surface area contributed by atoms with Gasteiger partial charge in [0.05, 0.1) is 6.42 Å². The minimum Gasteiger partial charge on any atom is -0.352 e. The van der Waals surface area contributed by atoms with E-state index in [0.717, 1.165) is 24.8 Å². The van der Waals surface area contributed by atoms with Crippen molar-refractivity contribution in [2.75, 3.05) is 11.9 Å². The zero-order valence-corrected chi connectivity index (χ0v) is 15.3. The maximum atomic E-state index is 12.4. The van der Waals surface area contributed by atoms with Crippen molar-refractivity contribution in [1.82, 2.24) is 5.32 Å². The van der Waals surface area contributed by atoms with E-state index in [0.29, 0.717) is 24.2 Å². The lowest BCUT2D eigenvalue weighted by Gasteiger charge is -2.16. The molecule has 0 unspecified atom stereocenters. The molecule has 2 N–H and O–H groups in total. The van der Waals surface area contributed by atoms with Gasteiger partial charge in [-0.1, -0.05) is 31.2 Å². The highest BCUT2D eigenvalue weighted by Gasteiger charge is 2.12. The number of rotatable bonds is 6. The van der Waals surface area contributed by atoms with Gasteiger partial charge in [0.25, 0.3) is 5.91 Å². The average molecular weight is 350 g/mol. The Morgan fingerprint density at radius 3 is 2.62 bits per heavy atom. The molecular formula is C22H26N2O2. The van der Waals surface area contributed by atoms with Crippen LogP contribution in [0.5, 0.6) is 0 Å². The normalized spacial score (nSPS) is 13.0. The van der Waals surface area contributed by atoms with Crippen LogP contribution in [0.1, 0.15) is 53.2 Å². The van der Waals surface area contributed by atoms with Crippen molar-refractivity contribution >= 4 is 17.5 Å². The molecule has 2 aromatic carbocycles. The largest absolute Gasteiger partial charge is 0.352 e. The molecule has 2 aromatic rings. The SMILES string of the molecule is CCCNC(=O)c1cccc(NC(=O)Cc2ccc3c(c2)CCCC3)c1. The minimum absolute atomic E-state index is 0.0631. The first-order valence-corrected chi connectivity index (χ1v) is 9.44. The van der Waals surface area contributed by atoms with Crippen LogP contribution in [-0.2, 0) is 24.1 Å². The molecule has 2 amide bonds. The number of benzene rings is 2. The lowest BCUT2D eigenvalue weighted by atomic mass is 9.90. The summed E-state index contributed by atoms with van der Waals surface area (Å²) in [7, 11) is 0. The van der Waals surface area contributed by atoms with Gasteiger partial charge in [-0.25, -0.2) is 0 Å². The maximum Gasteiger partial charge on any atom is 0.251 e. The summed E-state index contributed by atoms with van der Waals surface area (Å²) in [5.74, 6) is -0.176. The Labute approximate surface area is 155 Å². The molecule has 1 aliphatic carbocycles. The Morgan fingerprint density at radius 2 is 1.81 bits per heavy atom. The van der Waals surface area contributed by atoms with Crippen molar-refractivity contribution in [3.63, 3.8) is 0 Å². The van der Waals surface area contributed by atoms with E-state index in [9.17, 15) is 9.59 Å². The van der Waals surface area contributed by atoms with Gasteiger partial charge < -0.3 is 10.6 Å². The van der Waals surface area contributed by atoms with Crippen molar-refractivity contribution in [3.8, 4) is 0 Å². The predicted molar refractivity (Wildman–Crippen MR) is 104 cm³/mol. The maximum absolute atomic E-state index is 12.4. The van der Waals surface area contributed by atoms with Crippen molar-refractivity contribution in [3.05, 3.63) is 64.7 Å². The van der Waals surface area contributed by atoms with Gasteiger partial charge in [-0.2, -0.15) is 0 Å². The molecule has 1 aliphatic rings. The second-order valence-electron chi connectivity index (χ2n) is 6.87. The third-order valence-electron chi connectivity index (χ3n) is 4.72. The summed E-state index contributed by atoms with van der Waals surface area (Å²) in [4.78, 5) is 24.4. The number of anilines is 1. The quantitative estimate of drug-likeness (QED) is 0.830. The topological polar surface area (TPSA) is 58.2 Å². The standard InChI is InChI=1S/C22H26N2O2/c1-2-12-23-22(26)19-8-5-9-20(15-19)24-21(25)14-16-10-11-17-6-3-4-7-18(17)13-16/h5,8-11,13,15H,2-4,6-7,12,14H2,1H3,(H,23,26)(H,24,25).